The number of aromatic nitrogens is 2. The Morgan fingerprint density at radius 1 is 1.36 bits per heavy atom. The first-order chi connectivity index (χ1) is 12.1. The number of carbonyl (C=O) groups excluding carboxylic acids is 1. The Morgan fingerprint density at radius 3 is 2.88 bits per heavy atom. The Labute approximate surface area is 142 Å². The summed E-state index contributed by atoms with van der Waals surface area (Å²) in [6.45, 7) is 0.140. The van der Waals surface area contributed by atoms with Crippen molar-refractivity contribution in [3.63, 3.8) is 0 Å². The lowest BCUT2D eigenvalue weighted by Crippen LogP contribution is -2.23. The molecule has 0 radical (unpaired) electrons. The number of rotatable bonds is 5. The van der Waals surface area contributed by atoms with Crippen molar-refractivity contribution in [3.8, 4) is 17.1 Å². The minimum absolute atomic E-state index is 0.100. The molecule has 0 saturated carbocycles. The molecule has 2 aromatic heterocycles. The van der Waals surface area contributed by atoms with Gasteiger partial charge in [-0.3, -0.25) is 4.79 Å². The first-order valence-electron chi connectivity index (χ1n) is 7.36. The van der Waals surface area contributed by atoms with Crippen molar-refractivity contribution in [2.24, 2.45) is 0 Å². The smallest absolute Gasteiger partial charge is 0.259 e. The standard InChI is InChI=1S/C17H15FN4O3/c1-24-13-6-5-11(9-20-13)15-14(16(19)25-22-15)17(23)21-8-10-3-2-4-12(18)7-10/h2-7,9H,8,19H2,1H3,(H,21,23). The number of anilines is 1. The molecule has 0 unspecified atom stereocenters. The number of ether oxygens (including phenoxy) is 1. The number of hydrogen-bond donors (Lipinski definition) is 2. The van der Waals surface area contributed by atoms with E-state index in [2.05, 4.69) is 15.5 Å². The molecule has 0 saturated heterocycles. The maximum atomic E-state index is 13.2. The Kier molecular flexibility index (Phi) is 4.60. The number of hydrogen-bond acceptors (Lipinski definition) is 6. The van der Waals surface area contributed by atoms with Gasteiger partial charge in [-0.1, -0.05) is 17.3 Å². The highest BCUT2D eigenvalue weighted by Crippen LogP contribution is 2.27. The van der Waals surface area contributed by atoms with E-state index >= 15 is 0 Å². The minimum Gasteiger partial charge on any atom is -0.481 e. The second-order valence-corrected chi connectivity index (χ2v) is 5.17. The summed E-state index contributed by atoms with van der Waals surface area (Å²) in [5.41, 5.74) is 7.28. The highest BCUT2D eigenvalue weighted by atomic mass is 19.1. The molecule has 3 N–H and O–H groups in total. The van der Waals surface area contributed by atoms with Gasteiger partial charge < -0.3 is 20.3 Å². The maximum absolute atomic E-state index is 13.2. The van der Waals surface area contributed by atoms with E-state index in [1.807, 2.05) is 0 Å². The molecule has 25 heavy (non-hydrogen) atoms. The average Bonchev–Trinajstić information content (AvgIpc) is 3.01. The van der Waals surface area contributed by atoms with E-state index in [-0.39, 0.29) is 29.5 Å². The van der Waals surface area contributed by atoms with Crippen molar-refractivity contribution < 1.29 is 18.4 Å². The predicted molar refractivity (Wildman–Crippen MR) is 88.3 cm³/mol. The van der Waals surface area contributed by atoms with Crippen LogP contribution in [0.3, 0.4) is 0 Å². The molecule has 0 atom stereocenters. The van der Waals surface area contributed by atoms with E-state index in [1.54, 1.807) is 24.3 Å². The molecule has 0 aliphatic rings. The molecule has 0 aliphatic heterocycles. The molecular formula is C17H15FN4O3. The van der Waals surface area contributed by atoms with Crippen LogP contribution in [-0.2, 0) is 6.54 Å². The van der Waals surface area contributed by atoms with Crippen LogP contribution in [0.25, 0.3) is 11.3 Å². The molecule has 2 heterocycles. The van der Waals surface area contributed by atoms with Crippen LogP contribution >= 0.6 is 0 Å². The molecular weight excluding hydrogens is 327 g/mol. The van der Waals surface area contributed by atoms with Crippen molar-refractivity contribution in [3.05, 3.63) is 59.5 Å². The number of nitrogens with one attached hydrogen (secondary N) is 1. The first-order valence-corrected chi connectivity index (χ1v) is 7.36. The fourth-order valence-corrected chi connectivity index (χ4v) is 2.28. The monoisotopic (exact) mass is 342 g/mol. The number of methoxy groups -OCH3 is 1. The summed E-state index contributed by atoms with van der Waals surface area (Å²) in [6, 6.07) is 9.26. The molecule has 1 aromatic carbocycles. The van der Waals surface area contributed by atoms with E-state index in [1.165, 1.54) is 25.4 Å². The molecule has 128 valence electrons. The first kappa shape index (κ1) is 16.4. The lowest BCUT2D eigenvalue weighted by atomic mass is 10.1. The van der Waals surface area contributed by atoms with Crippen LogP contribution in [0.1, 0.15) is 15.9 Å². The third kappa shape index (κ3) is 3.57. The fourth-order valence-electron chi connectivity index (χ4n) is 2.28. The van der Waals surface area contributed by atoms with Crippen LogP contribution in [0, 0.1) is 5.82 Å². The van der Waals surface area contributed by atoms with Crippen LogP contribution in [-0.4, -0.2) is 23.2 Å². The van der Waals surface area contributed by atoms with Crippen molar-refractivity contribution in [2.45, 2.75) is 6.54 Å². The molecule has 0 bridgehead atoms. The molecule has 0 fully saturated rings. The van der Waals surface area contributed by atoms with Crippen LogP contribution in [0.2, 0.25) is 0 Å². The highest BCUT2D eigenvalue weighted by Gasteiger charge is 2.22. The third-order valence-corrected chi connectivity index (χ3v) is 3.51. The molecule has 7 nitrogen and oxygen atoms in total. The number of nitrogen functional groups attached to an aromatic ring is 1. The Hall–Kier alpha value is -3.42. The lowest BCUT2D eigenvalue weighted by Gasteiger charge is -2.06. The number of benzene rings is 1. The number of halogens is 1. The zero-order chi connectivity index (χ0) is 17.8. The number of carbonyl (C=O) groups is 1. The molecule has 1 amide bonds. The zero-order valence-corrected chi connectivity index (χ0v) is 13.3. The Balaban J connectivity index is 1.81. The minimum atomic E-state index is -0.478. The number of nitrogens with zero attached hydrogens (tertiary/aromatic N) is 2. The zero-order valence-electron chi connectivity index (χ0n) is 13.3. The lowest BCUT2D eigenvalue weighted by molar-refractivity contribution is 0.0952. The van der Waals surface area contributed by atoms with Gasteiger partial charge in [0.15, 0.2) is 0 Å². The van der Waals surface area contributed by atoms with Crippen molar-refractivity contribution in [2.75, 3.05) is 12.8 Å². The number of nitrogens with two attached hydrogens (primary N) is 1. The van der Waals surface area contributed by atoms with E-state index in [4.69, 9.17) is 15.0 Å². The third-order valence-electron chi connectivity index (χ3n) is 3.51. The van der Waals surface area contributed by atoms with E-state index < -0.39 is 5.91 Å². The van der Waals surface area contributed by atoms with Gasteiger partial charge in [0.1, 0.15) is 17.1 Å². The second-order valence-electron chi connectivity index (χ2n) is 5.17. The maximum Gasteiger partial charge on any atom is 0.259 e. The van der Waals surface area contributed by atoms with Crippen LogP contribution < -0.4 is 15.8 Å². The quantitative estimate of drug-likeness (QED) is 0.738. The van der Waals surface area contributed by atoms with Gasteiger partial charge in [-0.05, 0) is 23.8 Å². The molecule has 3 aromatic rings. The van der Waals surface area contributed by atoms with Gasteiger partial charge in [-0.25, -0.2) is 9.37 Å². The van der Waals surface area contributed by atoms with Crippen LogP contribution in [0.15, 0.2) is 47.1 Å². The summed E-state index contributed by atoms with van der Waals surface area (Å²) < 4.78 is 23.1. The second kappa shape index (κ2) is 7.00. The summed E-state index contributed by atoms with van der Waals surface area (Å²) in [5, 5.41) is 6.50. The van der Waals surface area contributed by atoms with Gasteiger partial charge in [-0.2, -0.15) is 0 Å². The predicted octanol–water partition coefficient (Wildman–Crippen LogP) is 2.40. The van der Waals surface area contributed by atoms with Gasteiger partial charge in [-0.15, -0.1) is 0 Å². The highest BCUT2D eigenvalue weighted by molar-refractivity contribution is 6.03. The summed E-state index contributed by atoms with van der Waals surface area (Å²) in [7, 11) is 1.50. The molecule has 8 heteroatoms. The topological polar surface area (TPSA) is 103 Å². The summed E-state index contributed by atoms with van der Waals surface area (Å²) in [6.07, 6.45) is 1.50. The molecule has 3 rings (SSSR count). The van der Waals surface area contributed by atoms with E-state index in [0.717, 1.165) is 0 Å². The van der Waals surface area contributed by atoms with Gasteiger partial charge in [0.05, 0.1) is 7.11 Å². The fraction of sp³-hybridized carbons (Fsp3) is 0.118. The number of pyridine rings is 1. The van der Waals surface area contributed by atoms with Gasteiger partial charge in [0.25, 0.3) is 5.91 Å². The van der Waals surface area contributed by atoms with Crippen molar-refractivity contribution >= 4 is 11.8 Å². The SMILES string of the molecule is COc1ccc(-c2noc(N)c2C(=O)NCc2cccc(F)c2)cn1. The van der Waals surface area contributed by atoms with Crippen LogP contribution in [0.5, 0.6) is 5.88 Å². The molecule has 0 spiro atoms. The molecule has 0 aliphatic carbocycles. The number of amides is 1. The van der Waals surface area contributed by atoms with Crippen molar-refractivity contribution in [1.82, 2.24) is 15.5 Å². The van der Waals surface area contributed by atoms with Gasteiger partial charge in [0.2, 0.25) is 11.8 Å². The van der Waals surface area contributed by atoms with Crippen molar-refractivity contribution in [1.29, 1.82) is 0 Å². The summed E-state index contributed by atoms with van der Waals surface area (Å²) in [5.74, 6) is -0.532. The largest absolute Gasteiger partial charge is 0.481 e. The Bertz CT molecular complexity index is 893. The normalized spacial score (nSPS) is 10.5. The average molecular weight is 342 g/mol. The Morgan fingerprint density at radius 2 is 2.20 bits per heavy atom. The van der Waals surface area contributed by atoms with E-state index in [0.29, 0.717) is 17.0 Å². The van der Waals surface area contributed by atoms with Gasteiger partial charge in [0, 0.05) is 24.4 Å². The summed E-state index contributed by atoms with van der Waals surface area (Å²) >= 11 is 0. The summed E-state index contributed by atoms with van der Waals surface area (Å²) in [4.78, 5) is 16.5. The van der Waals surface area contributed by atoms with E-state index in [9.17, 15) is 9.18 Å². The van der Waals surface area contributed by atoms with Gasteiger partial charge >= 0.3 is 0 Å². The van der Waals surface area contributed by atoms with Crippen LogP contribution in [0.4, 0.5) is 10.3 Å².